The minimum atomic E-state index is -4.20. The number of benzene rings is 1. The molecule has 1 aliphatic carbocycles. The third-order valence-electron chi connectivity index (χ3n) is 5.91. The van der Waals surface area contributed by atoms with Crippen molar-refractivity contribution >= 4 is 0 Å². The summed E-state index contributed by atoms with van der Waals surface area (Å²) >= 11 is 0. The lowest BCUT2D eigenvalue weighted by molar-refractivity contribution is -0.155. The molecule has 1 atom stereocenters. The predicted molar refractivity (Wildman–Crippen MR) is 105 cm³/mol. The fourth-order valence-corrected chi connectivity index (χ4v) is 4.11. The first-order valence-electron chi connectivity index (χ1n) is 10.4. The van der Waals surface area contributed by atoms with Crippen LogP contribution in [0.15, 0.2) is 45.3 Å². The molecule has 32 heavy (non-hydrogen) atoms. The lowest BCUT2D eigenvalue weighted by atomic mass is 9.80. The number of aliphatic hydroxyl groups excluding tert-OH is 1. The standard InChI is InChI=1S/C21H22F3N5O3/c22-21(23,24)11-29-9-14(10-29)20-27-26-19(31-20)13-6-15(7-13)25-18(30)17-8-16(28-32-17)12-4-2-1-3-5-12/h1-5,8,13-15,18,25,30H,6-7,9-11H2. The van der Waals surface area contributed by atoms with E-state index >= 15 is 0 Å². The van der Waals surface area contributed by atoms with Gasteiger partial charge in [-0.15, -0.1) is 10.2 Å². The summed E-state index contributed by atoms with van der Waals surface area (Å²) in [6, 6.07) is 11.3. The molecular weight excluding hydrogens is 427 g/mol. The van der Waals surface area contributed by atoms with E-state index in [1.165, 1.54) is 4.90 Å². The zero-order chi connectivity index (χ0) is 22.3. The highest BCUT2D eigenvalue weighted by molar-refractivity contribution is 5.58. The number of alkyl halides is 3. The number of nitrogens with zero attached hydrogens (tertiary/aromatic N) is 4. The molecule has 1 saturated heterocycles. The van der Waals surface area contributed by atoms with Gasteiger partial charge in [0.25, 0.3) is 0 Å². The fourth-order valence-electron chi connectivity index (χ4n) is 4.11. The number of aliphatic hydroxyl groups is 1. The Balaban J connectivity index is 1.09. The van der Waals surface area contributed by atoms with Crippen molar-refractivity contribution in [3.8, 4) is 11.3 Å². The number of nitrogens with one attached hydrogen (secondary N) is 1. The molecule has 2 aliphatic rings. The summed E-state index contributed by atoms with van der Waals surface area (Å²) in [6.45, 7) is -0.379. The van der Waals surface area contributed by atoms with Gasteiger partial charge in [0.15, 0.2) is 12.0 Å². The molecule has 2 N–H and O–H groups in total. The van der Waals surface area contributed by atoms with E-state index in [1.807, 2.05) is 30.3 Å². The molecular formula is C21H22F3N5O3. The monoisotopic (exact) mass is 449 g/mol. The minimum Gasteiger partial charge on any atom is -0.425 e. The van der Waals surface area contributed by atoms with Gasteiger partial charge >= 0.3 is 6.18 Å². The van der Waals surface area contributed by atoms with E-state index in [0.29, 0.717) is 36.1 Å². The molecule has 8 nitrogen and oxygen atoms in total. The Morgan fingerprint density at radius 3 is 2.47 bits per heavy atom. The Hall–Kier alpha value is -2.76. The average molecular weight is 449 g/mol. The second kappa shape index (κ2) is 8.30. The topological polar surface area (TPSA) is 100 Å². The lowest BCUT2D eigenvalue weighted by Gasteiger charge is -2.37. The van der Waals surface area contributed by atoms with Crippen molar-refractivity contribution in [3.05, 3.63) is 53.9 Å². The van der Waals surface area contributed by atoms with Crippen LogP contribution in [-0.2, 0) is 0 Å². The van der Waals surface area contributed by atoms with E-state index in [2.05, 4.69) is 20.7 Å². The largest absolute Gasteiger partial charge is 0.425 e. The molecule has 170 valence electrons. The van der Waals surface area contributed by atoms with Gasteiger partial charge in [-0.1, -0.05) is 35.5 Å². The average Bonchev–Trinajstić information content (AvgIpc) is 3.36. The molecule has 5 rings (SSSR count). The molecule has 11 heteroatoms. The van der Waals surface area contributed by atoms with Gasteiger partial charge < -0.3 is 14.0 Å². The lowest BCUT2D eigenvalue weighted by Crippen LogP contribution is -2.49. The van der Waals surface area contributed by atoms with Crippen LogP contribution in [0.2, 0.25) is 0 Å². The third-order valence-corrected chi connectivity index (χ3v) is 5.91. The summed E-state index contributed by atoms with van der Waals surface area (Å²) in [5, 5.41) is 25.6. The Kier molecular flexibility index (Phi) is 5.48. The van der Waals surface area contributed by atoms with Crippen LogP contribution >= 0.6 is 0 Å². The second-order valence-corrected chi connectivity index (χ2v) is 8.40. The summed E-state index contributed by atoms with van der Waals surface area (Å²) in [5.74, 6) is 1.13. The maximum absolute atomic E-state index is 12.4. The number of rotatable bonds is 7. The molecule has 0 spiro atoms. The maximum Gasteiger partial charge on any atom is 0.401 e. The summed E-state index contributed by atoms with van der Waals surface area (Å²) in [5.41, 5.74) is 1.55. The van der Waals surface area contributed by atoms with Crippen molar-refractivity contribution in [1.82, 2.24) is 25.6 Å². The van der Waals surface area contributed by atoms with Crippen LogP contribution in [0.25, 0.3) is 11.3 Å². The van der Waals surface area contributed by atoms with E-state index in [-0.39, 0.29) is 31.0 Å². The molecule has 2 aromatic heterocycles. The number of likely N-dealkylation sites (tertiary alicyclic amines) is 1. The van der Waals surface area contributed by atoms with E-state index in [1.54, 1.807) is 6.07 Å². The number of hydrogen-bond acceptors (Lipinski definition) is 8. The Bertz CT molecular complexity index is 1040. The fraction of sp³-hybridized carbons (Fsp3) is 0.476. The molecule has 0 amide bonds. The smallest absolute Gasteiger partial charge is 0.401 e. The first-order chi connectivity index (χ1) is 15.3. The molecule has 1 unspecified atom stereocenters. The van der Waals surface area contributed by atoms with Crippen molar-refractivity contribution < 1.29 is 27.2 Å². The van der Waals surface area contributed by atoms with Crippen molar-refractivity contribution in [2.45, 2.75) is 43.1 Å². The first kappa shape index (κ1) is 21.1. The van der Waals surface area contributed by atoms with Crippen LogP contribution < -0.4 is 5.32 Å². The normalized spacial score (nSPS) is 23.0. The number of aromatic nitrogens is 3. The third kappa shape index (κ3) is 4.54. The van der Waals surface area contributed by atoms with Crippen LogP contribution in [0.5, 0.6) is 0 Å². The quantitative estimate of drug-likeness (QED) is 0.531. The number of halogens is 3. The summed E-state index contributed by atoms with van der Waals surface area (Å²) in [6.07, 6.45) is -3.79. The summed E-state index contributed by atoms with van der Waals surface area (Å²) < 4.78 is 48.2. The van der Waals surface area contributed by atoms with Crippen molar-refractivity contribution in [1.29, 1.82) is 0 Å². The van der Waals surface area contributed by atoms with E-state index < -0.39 is 18.9 Å². The predicted octanol–water partition coefficient (Wildman–Crippen LogP) is 3.21. The van der Waals surface area contributed by atoms with Gasteiger partial charge in [-0.25, -0.2) is 0 Å². The number of hydrogen-bond donors (Lipinski definition) is 2. The van der Waals surface area contributed by atoms with Crippen LogP contribution in [0, 0.1) is 0 Å². The molecule has 3 aromatic rings. The zero-order valence-electron chi connectivity index (χ0n) is 17.0. The Morgan fingerprint density at radius 1 is 1.09 bits per heavy atom. The van der Waals surface area contributed by atoms with Crippen molar-refractivity contribution in [2.75, 3.05) is 19.6 Å². The van der Waals surface area contributed by atoms with Gasteiger partial charge in [0.2, 0.25) is 11.8 Å². The molecule has 1 aliphatic heterocycles. The highest BCUT2D eigenvalue weighted by Gasteiger charge is 2.41. The maximum atomic E-state index is 12.4. The molecule has 3 heterocycles. The van der Waals surface area contributed by atoms with Gasteiger partial charge in [0.05, 0.1) is 12.5 Å². The highest BCUT2D eigenvalue weighted by atomic mass is 19.4. The van der Waals surface area contributed by atoms with Gasteiger partial charge in [-0.3, -0.25) is 10.2 Å². The molecule has 0 bridgehead atoms. The van der Waals surface area contributed by atoms with Crippen LogP contribution in [0.3, 0.4) is 0 Å². The summed E-state index contributed by atoms with van der Waals surface area (Å²) in [7, 11) is 0. The van der Waals surface area contributed by atoms with Gasteiger partial charge in [-0.05, 0) is 12.8 Å². The summed E-state index contributed by atoms with van der Waals surface area (Å²) in [4.78, 5) is 1.31. The SMILES string of the molecule is OC(NC1CC(c2nnc(C3CN(CC(F)(F)F)C3)o2)C1)c1cc(-c2ccccc2)no1. The van der Waals surface area contributed by atoms with Crippen LogP contribution in [0.4, 0.5) is 13.2 Å². The highest BCUT2D eigenvalue weighted by Crippen LogP contribution is 2.38. The Labute approximate surface area is 181 Å². The molecule has 1 aromatic carbocycles. The molecule has 1 saturated carbocycles. The first-order valence-corrected chi connectivity index (χ1v) is 10.4. The zero-order valence-corrected chi connectivity index (χ0v) is 17.0. The van der Waals surface area contributed by atoms with Crippen LogP contribution in [0.1, 0.15) is 48.4 Å². The van der Waals surface area contributed by atoms with Crippen molar-refractivity contribution in [2.24, 2.45) is 0 Å². The van der Waals surface area contributed by atoms with Crippen molar-refractivity contribution in [3.63, 3.8) is 0 Å². The van der Waals surface area contributed by atoms with E-state index in [0.717, 1.165) is 5.56 Å². The van der Waals surface area contributed by atoms with Gasteiger partial charge in [0.1, 0.15) is 5.69 Å². The van der Waals surface area contributed by atoms with E-state index in [4.69, 9.17) is 8.94 Å². The second-order valence-electron chi connectivity index (χ2n) is 8.40. The minimum absolute atomic E-state index is 0.0432. The molecule has 2 fully saturated rings. The van der Waals surface area contributed by atoms with E-state index in [9.17, 15) is 18.3 Å². The van der Waals surface area contributed by atoms with Crippen LogP contribution in [-0.4, -0.2) is 57.2 Å². The molecule has 0 radical (unpaired) electrons. The Morgan fingerprint density at radius 2 is 1.78 bits per heavy atom. The van der Waals surface area contributed by atoms with Gasteiger partial charge in [-0.2, -0.15) is 13.2 Å². The van der Waals surface area contributed by atoms with Gasteiger partial charge in [0, 0.05) is 36.7 Å².